The molecule has 0 aromatic rings. The van der Waals surface area contributed by atoms with Gasteiger partial charge in [0.25, 0.3) is 0 Å². The Morgan fingerprint density at radius 3 is 2.12 bits per heavy atom. The van der Waals surface area contributed by atoms with Crippen molar-refractivity contribution in [2.24, 2.45) is 0 Å². The fourth-order valence-electron chi connectivity index (χ4n) is 2.58. The van der Waals surface area contributed by atoms with Crippen LogP contribution in [0, 0.1) is 0 Å². The Bertz CT molecular complexity index is 497. The summed E-state index contributed by atoms with van der Waals surface area (Å²) in [5.41, 5.74) is 0. The van der Waals surface area contributed by atoms with Crippen molar-refractivity contribution in [2.75, 3.05) is 0 Å². The van der Waals surface area contributed by atoms with Crippen LogP contribution in [-0.4, -0.2) is 23.3 Å². The Morgan fingerprint density at radius 1 is 0.840 bits per heavy atom. The van der Waals surface area contributed by atoms with Crippen LogP contribution in [0.1, 0.15) is 58.3 Å². The molecule has 1 N–H and O–H groups in total. The van der Waals surface area contributed by atoms with Crippen LogP contribution < -0.4 is 0 Å². The van der Waals surface area contributed by atoms with E-state index in [1.54, 1.807) is 12.2 Å². The topological polar surface area (TPSA) is 49.8 Å². The van der Waals surface area contributed by atoms with Gasteiger partial charge in [-0.25, -0.2) is 4.79 Å². The number of allylic oxidation sites excluding steroid dienone is 8. The van der Waals surface area contributed by atoms with Crippen LogP contribution in [0.25, 0.3) is 0 Å². The normalized spacial score (nSPS) is 20.8. The van der Waals surface area contributed by atoms with E-state index in [9.17, 15) is 4.79 Å². The number of aliphatic carboxylic acids is 1. The lowest BCUT2D eigenvalue weighted by atomic mass is 10.1. The third kappa shape index (κ3) is 13.1. The average molecular weight is 344 g/mol. The Morgan fingerprint density at radius 2 is 1.44 bits per heavy atom. The number of rotatable bonds is 14. The number of epoxide rings is 1. The van der Waals surface area contributed by atoms with Gasteiger partial charge in [-0.1, -0.05) is 100 Å². The molecule has 1 aliphatic heterocycles. The SMILES string of the molecule is CCCCCCCCC1OC1CC=CC=CC=CC=CC=CC(=O)O. The maximum Gasteiger partial charge on any atom is 0.328 e. The molecule has 0 aromatic heterocycles. The minimum atomic E-state index is -0.937. The smallest absolute Gasteiger partial charge is 0.328 e. The zero-order valence-corrected chi connectivity index (χ0v) is 15.3. The summed E-state index contributed by atoms with van der Waals surface area (Å²) < 4.78 is 5.70. The highest BCUT2D eigenvalue weighted by Gasteiger charge is 2.36. The number of ether oxygens (including phenoxy) is 1. The second kappa shape index (κ2) is 14.5. The summed E-state index contributed by atoms with van der Waals surface area (Å²) in [5.74, 6) is -0.937. The number of carboxylic acid groups (broad SMARTS) is 1. The Balaban J connectivity index is 1.99. The molecule has 0 bridgehead atoms. The van der Waals surface area contributed by atoms with Gasteiger partial charge in [-0.05, 0) is 12.8 Å². The van der Waals surface area contributed by atoms with Crippen LogP contribution in [0.15, 0.2) is 60.8 Å². The molecule has 1 fully saturated rings. The van der Waals surface area contributed by atoms with Crippen molar-refractivity contribution in [1.82, 2.24) is 0 Å². The standard InChI is InChI=1S/C22H32O3/c1-2-3-4-5-11-14-17-20-21(25-20)18-15-12-9-7-6-8-10-13-16-19-22(23)24/h6-10,12-13,15-16,19-21H,2-5,11,14,17-18H2,1H3,(H,23,24). The molecule has 0 spiro atoms. The Hall–Kier alpha value is -1.87. The lowest BCUT2D eigenvalue weighted by Gasteiger charge is -1.98. The second-order valence-corrected chi connectivity index (χ2v) is 6.29. The van der Waals surface area contributed by atoms with Crippen LogP contribution in [-0.2, 0) is 9.53 Å². The summed E-state index contributed by atoms with van der Waals surface area (Å²) in [6, 6.07) is 0. The fraction of sp³-hybridized carbons (Fsp3) is 0.500. The van der Waals surface area contributed by atoms with E-state index in [0.717, 1.165) is 12.5 Å². The summed E-state index contributed by atoms with van der Waals surface area (Å²) in [5, 5.41) is 8.41. The lowest BCUT2D eigenvalue weighted by molar-refractivity contribution is -0.131. The Labute approximate surface area is 152 Å². The third-order valence-corrected chi connectivity index (χ3v) is 4.05. The first-order valence-corrected chi connectivity index (χ1v) is 9.45. The van der Waals surface area contributed by atoms with Gasteiger partial charge in [-0.15, -0.1) is 0 Å². The summed E-state index contributed by atoms with van der Waals surface area (Å²) in [7, 11) is 0. The molecule has 0 amide bonds. The van der Waals surface area contributed by atoms with Crippen molar-refractivity contribution >= 4 is 5.97 Å². The van der Waals surface area contributed by atoms with Crippen molar-refractivity contribution < 1.29 is 14.6 Å². The average Bonchev–Trinajstić information content (AvgIpc) is 3.34. The molecule has 2 atom stereocenters. The van der Waals surface area contributed by atoms with Crippen LogP contribution in [0.5, 0.6) is 0 Å². The number of hydrogen-bond donors (Lipinski definition) is 1. The summed E-state index contributed by atoms with van der Waals surface area (Å²) in [6.07, 6.45) is 29.2. The van der Waals surface area contributed by atoms with Crippen LogP contribution in [0.3, 0.4) is 0 Å². The van der Waals surface area contributed by atoms with Crippen LogP contribution >= 0.6 is 0 Å². The fourth-order valence-corrected chi connectivity index (χ4v) is 2.58. The van der Waals surface area contributed by atoms with E-state index in [-0.39, 0.29) is 0 Å². The highest BCUT2D eigenvalue weighted by atomic mass is 16.6. The van der Waals surface area contributed by atoms with Crippen molar-refractivity contribution in [3.63, 3.8) is 0 Å². The molecule has 0 saturated carbocycles. The summed E-state index contributed by atoms with van der Waals surface area (Å²) in [6.45, 7) is 2.25. The highest BCUT2D eigenvalue weighted by molar-refractivity contribution is 5.80. The molecule has 1 saturated heterocycles. The predicted octanol–water partition coefficient (Wildman–Crippen LogP) is 5.76. The Kier molecular flexibility index (Phi) is 12.3. The molecule has 25 heavy (non-hydrogen) atoms. The molecule has 1 heterocycles. The van der Waals surface area contributed by atoms with E-state index in [2.05, 4.69) is 13.0 Å². The van der Waals surface area contributed by atoms with E-state index in [1.165, 1.54) is 51.0 Å². The molecule has 1 aliphatic rings. The molecular formula is C22H32O3. The second-order valence-electron chi connectivity index (χ2n) is 6.29. The minimum Gasteiger partial charge on any atom is -0.478 e. The monoisotopic (exact) mass is 344 g/mol. The highest BCUT2D eigenvalue weighted by Crippen LogP contribution is 2.30. The van der Waals surface area contributed by atoms with Gasteiger partial charge in [0.2, 0.25) is 0 Å². The van der Waals surface area contributed by atoms with E-state index in [4.69, 9.17) is 9.84 Å². The van der Waals surface area contributed by atoms with E-state index < -0.39 is 5.97 Å². The van der Waals surface area contributed by atoms with Gasteiger partial charge in [0.15, 0.2) is 0 Å². The third-order valence-electron chi connectivity index (χ3n) is 4.05. The first kappa shape index (κ1) is 21.2. The number of hydrogen-bond acceptors (Lipinski definition) is 2. The molecule has 0 aromatic carbocycles. The number of carboxylic acids is 1. The maximum atomic E-state index is 10.2. The first-order chi connectivity index (χ1) is 12.2. The maximum absolute atomic E-state index is 10.2. The predicted molar refractivity (Wildman–Crippen MR) is 105 cm³/mol. The van der Waals surface area contributed by atoms with E-state index in [0.29, 0.717) is 12.2 Å². The minimum absolute atomic E-state index is 0.430. The van der Waals surface area contributed by atoms with Crippen molar-refractivity contribution in [3.8, 4) is 0 Å². The number of carbonyl (C=O) groups is 1. The van der Waals surface area contributed by atoms with Gasteiger partial charge < -0.3 is 9.84 Å². The summed E-state index contributed by atoms with van der Waals surface area (Å²) in [4.78, 5) is 10.2. The molecule has 138 valence electrons. The van der Waals surface area contributed by atoms with Crippen molar-refractivity contribution in [3.05, 3.63) is 60.8 Å². The van der Waals surface area contributed by atoms with E-state index >= 15 is 0 Å². The molecule has 3 nitrogen and oxygen atoms in total. The molecule has 0 aliphatic carbocycles. The van der Waals surface area contributed by atoms with Gasteiger partial charge in [0, 0.05) is 6.08 Å². The van der Waals surface area contributed by atoms with Gasteiger partial charge in [0.1, 0.15) is 0 Å². The largest absolute Gasteiger partial charge is 0.478 e. The zero-order valence-electron chi connectivity index (χ0n) is 15.3. The van der Waals surface area contributed by atoms with E-state index in [1.807, 2.05) is 30.4 Å². The molecule has 0 radical (unpaired) electrons. The quantitative estimate of drug-likeness (QED) is 0.189. The molecular weight excluding hydrogens is 312 g/mol. The van der Waals surface area contributed by atoms with Crippen LogP contribution in [0.2, 0.25) is 0 Å². The van der Waals surface area contributed by atoms with Crippen LogP contribution in [0.4, 0.5) is 0 Å². The van der Waals surface area contributed by atoms with Gasteiger partial charge >= 0.3 is 5.97 Å². The zero-order chi connectivity index (χ0) is 18.2. The summed E-state index contributed by atoms with van der Waals surface area (Å²) >= 11 is 0. The van der Waals surface area contributed by atoms with Crippen molar-refractivity contribution in [1.29, 1.82) is 0 Å². The lowest BCUT2D eigenvalue weighted by Crippen LogP contribution is -1.92. The molecule has 3 heteroatoms. The van der Waals surface area contributed by atoms with Gasteiger partial charge in [-0.3, -0.25) is 0 Å². The first-order valence-electron chi connectivity index (χ1n) is 9.45. The molecule has 2 unspecified atom stereocenters. The van der Waals surface area contributed by atoms with Gasteiger partial charge in [-0.2, -0.15) is 0 Å². The van der Waals surface area contributed by atoms with Crippen molar-refractivity contribution in [2.45, 2.75) is 70.5 Å². The van der Waals surface area contributed by atoms with Gasteiger partial charge in [0.05, 0.1) is 12.2 Å². The molecule has 1 rings (SSSR count). The number of unbranched alkanes of at least 4 members (excludes halogenated alkanes) is 5.